The van der Waals surface area contributed by atoms with E-state index < -0.39 is 46.4 Å². The van der Waals surface area contributed by atoms with E-state index in [0.717, 1.165) is 0 Å². The number of halogens is 5. The number of fused-ring (bicyclic) bond motifs is 1. The molecule has 0 aliphatic rings. The third kappa shape index (κ3) is 2.75. The van der Waals surface area contributed by atoms with Gasteiger partial charge in [-0.3, -0.25) is 0 Å². The average molecular weight is 358 g/mol. The lowest BCUT2D eigenvalue weighted by atomic mass is 10.2. The van der Waals surface area contributed by atoms with Crippen LogP contribution in [0.15, 0.2) is 23.0 Å². The van der Waals surface area contributed by atoms with Crippen molar-refractivity contribution in [2.24, 2.45) is 0 Å². The summed E-state index contributed by atoms with van der Waals surface area (Å²) in [6, 6.07) is 4.17. The lowest BCUT2D eigenvalue weighted by molar-refractivity contribution is 0.329. The molecule has 0 bridgehead atoms. The van der Waals surface area contributed by atoms with Crippen LogP contribution in [0.25, 0.3) is 10.9 Å². The summed E-state index contributed by atoms with van der Waals surface area (Å²) < 4.78 is 76.9. The highest BCUT2D eigenvalue weighted by Gasteiger charge is 2.28. The van der Waals surface area contributed by atoms with Gasteiger partial charge >= 0.3 is 5.69 Å². The zero-order valence-corrected chi connectivity index (χ0v) is 12.3. The SMILES string of the molecule is COc1ccc2[nH]c(=O)nc(Oc3c(F)c(F)c(F)c(F)c3F)c2c1. The fourth-order valence-electron chi connectivity index (χ4n) is 2.08. The van der Waals surface area contributed by atoms with Crippen LogP contribution in [0.1, 0.15) is 0 Å². The monoisotopic (exact) mass is 358 g/mol. The summed E-state index contributed by atoms with van der Waals surface area (Å²) in [6.07, 6.45) is 0. The number of benzene rings is 2. The molecular weight excluding hydrogens is 351 g/mol. The second kappa shape index (κ2) is 6.04. The zero-order valence-electron chi connectivity index (χ0n) is 12.3. The topological polar surface area (TPSA) is 64.2 Å². The van der Waals surface area contributed by atoms with Crippen molar-refractivity contribution in [3.8, 4) is 17.4 Å². The molecule has 1 aromatic heterocycles. The number of nitrogens with one attached hydrogen (secondary N) is 1. The summed E-state index contributed by atoms with van der Waals surface area (Å²) in [5, 5.41) is 0.0305. The summed E-state index contributed by atoms with van der Waals surface area (Å²) in [5.41, 5.74) is -0.795. The lowest BCUT2D eigenvalue weighted by Crippen LogP contribution is -2.12. The quantitative estimate of drug-likeness (QED) is 0.443. The molecule has 1 N–H and O–H groups in total. The molecule has 10 heteroatoms. The van der Waals surface area contributed by atoms with Crippen LogP contribution in [0, 0.1) is 29.1 Å². The van der Waals surface area contributed by atoms with E-state index in [2.05, 4.69) is 9.97 Å². The Morgan fingerprint density at radius 1 is 0.960 bits per heavy atom. The van der Waals surface area contributed by atoms with Crippen molar-refractivity contribution in [3.05, 3.63) is 57.8 Å². The first-order valence-electron chi connectivity index (χ1n) is 6.60. The first kappa shape index (κ1) is 16.7. The predicted molar refractivity (Wildman–Crippen MR) is 75.2 cm³/mol. The van der Waals surface area contributed by atoms with E-state index in [9.17, 15) is 26.7 Å². The highest BCUT2D eigenvalue weighted by molar-refractivity contribution is 5.84. The third-order valence-corrected chi connectivity index (χ3v) is 3.27. The summed E-state index contributed by atoms with van der Waals surface area (Å²) in [6.45, 7) is 0. The molecule has 130 valence electrons. The molecule has 25 heavy (non-hydrogen) atoms. The van der Waals surface area contributed by atoms with E-state index in [1.54, 1.807) is 0 Å². The standard InChI is InChI=1S/C15H7F5N2O3/c1-24-5-2-3-7-6(4-5)14(22-15(23)21-7)25-13-11(19)9(17)8(16)10(18)12(13)20/h2-4H,1H3,(H,21,22,23). The Morgan fingerprint density at radius 2 is 1.56 bits per heavy atom. The Kier molecular flexibility index (Phi) is 4.03. The fourth-order valence-corrected chi connectivity index (χ4v) is 2.08. The van der Waals surface area contributed by atoms with E-state index in [0.29, 0.717) is 0 Å². The minimum absolute atomic E-state index is 0.0305. The molecule has 0 radical (unpaired) electrons. The van der Waals surface area contributed by atoms with Gasteiger partial charge in [0.2, 0.25) is 40.7 Å². The van der Waals surface area contributed by atoms with Gasteiger partial charge in [0.15, 0.2) is 0 Å². The predicted octanol–water partition coefficient (Wildman–Crippen LogP) is 3.42. The number of rotatable bonds is 3. The minimum atomic E-state index is -2.33. The molecule has 3 rings (SSSR count). The molecule has 0 aliphatic carbocycles. The smallest absolute Gasteiger partial charge is 0.348 e. The first-order chi connectivity index (χ1) is 11.8. The normalized spacial score (nSPS) is 11.0. The largest absolute Gasteiger partial charge is 0.497 e. The number of H-pyrrole nitrogens is 1. The van der Waals surface area contributed by atoms with Gasteiger partial charge in [0.05, 0.1) is 18.0 Å². The van der Waals surface area contributed by atoms with E-state index >= 15 is 0 Å². The Bertz CT molecular complexity index is 1020. The van der Waals surface area contributed by atoms with Crippen LogP contribution in [0.3, 0.4) is 0 Å². The highest BCUT2D eigenvalue weighted by Crippen LogP contribution is 2.34. The molecule has 0 fully saturated rings. The van der Waals surface area contributed by atoms with Crippen molar-refractivity contribution in [2.45, 2.75) is 0 Å². The van der Waals surface area contributed by atoms with E-state index in [4.69, 9.17) is 9.47 Å². The molecule has 2 aromatic carbocycles. The van der Waals surface area contributed by atoms with Gasteiger partial charge < -0.3 is 14.5 Å². The number of aromatic amines is 1. The molecular formula is C15H7F5N2O3. The zero-order chi connectivity index (χ0) is 18.3. The second-order valence-corrected chi connectivity index (χ2v) is 4.76. The Morgan fingerprint density at radius 3 is 2.16 bits per heavy atom. The molecule has 0 amide bonds. The molecule has 0 saturated carbocycles. The maximum Gasteiger partial charge on any atom is 0.348 e. The van der Waals surface area contributed by atoms with Crippen molar-refractivity contribution in [1.29, 1.82) is 0 Å². The molecule has 0 aliphatic heterocycles. The second-order valence-electron chi connectivity index (χ2n) is 4.76. The Balaban J connectivity index is 2.24. The fraction of sp³-hybridized carbons (Fsp3) is 0.0667. The van der Waals surface area contributed by atoms with Crippen LogP contribution in [-0.2, 0) is 0 Å². The number of hydrogen-bond acceptors (Lipinski definition) is 4. The summed E-state index contributed by atoms with van der Waals surface area (Å²) >= 11 is 0. The molecule has 5 nitrogen and oxygen atoms in total. The number of ether oxygens (including phenoxy) is 2. The van der Waals surface area contributed by atoms with Crippen molar-refractivity contribution in [2.75, 3.05) is 7.11 Å². The van der Waals surface area contributed by atoms with Crippen LogP contribution in [-0.4, -0.2) is 17.1 Å². The Hall–Kier alpha value is -3.17. The molecule has 0 spiro atoms. The van der Waals surface area contributed by atoms with Crippen LogP contribution in [0.2, 0.25) is 0 Å². The summed E-state index contributed by atoms with van der Waals surface area (Å²) in [5.74, 6) is -13.0. The van der Waals surface area contributed by atoms with E-state index in [-0.39, 0.29) is 16.7 Å². The van der Waals surface area contributed by atoms with Crippen LogP contribution >= 0.6 is 0 Å². The molecule has 1 heterocycles. The van der Waals surface area contributed by atoms with Gasteiger partial charge in [-0.1, -0.05) is 0 Å². The number of hydrogen-bond donors (Lipinski definition) is 1. The van der Waals surface area contributed by atoms with Crippen molar-refractivity contribution in [1.82, 2.24) is 9.97 Å². The van der Waals surface area contributed by atoms with Gasteiger partial charge in [-0.2, -0.15) is 13.8 Å². The Labute approximate surface area is 135 Å². The summed E-state index contributed by atoms with van der Waals surface area (Å²) in [7, 11) is 1.34. The molecule has 0 saturated heterocycles. The van der Waals surface area contributed by atoms with Gasteiger partial charge in [-0.05, 0) is 18.2 Å². The lowest BCUT2D eigenvalue weighted by Gasteiger charge is -2.11. The van der Waals surface area contributed by atoms with E-state index in [1.807, 2.05) is 0 Å². The minimum Gasteiger partial charge on any atom is -0.497 e. The highest BCUT2D eigenvalue weighted by atomic mass is 19.2. The van der Waals surface area contributed by atoms with Crippen molar-refractivity contribution in [3.63, 3.8) is 0 Å². The van der Waals surface area contributed by atoms with Gasteiger partial charge in [-0.25, -0.2) is 18.0 Å². The number of aromatic nitrogens is 2. The van der Waals surface area contributed by atoms with Crippen LogP contribution in [0.5, 0.6) is 17.4 Å². The van der Waals surface area contributed by atoms with Gasteiger partial charge in [0.25, 0.3) is 0 Å². The van der Waals surface area contributed by atoms with Crippen molar-refractivity contribution >= 4 is 10.9 Å². The third-order valence-electron chi connectivity index (χ3n) is 3.27. The molecule has 3 aromatic rings. The molecule has 0 unspecified atom stereocenters. The molecule has 0 atom stereocenters. The van der Waals surface area contributed by atoms with Gasteiger partial charge in [0.1, 0.15) is 5.75 Å². The number of nitrogens with zero attached hydrogens (tertiary/aromatic N) is 1. The van der Waals surface area contributed by atoms with Crippen LogP contribution < -0.4 is 15.2 Å². The maximum atomic E-state index is 13.7. The van der Waals surface area contributed by atoms with Gasteiger partial charge in [-0.15, -0.1) is 0 Å². The van der Waals surface area contributed by atoms with Gasteiger partial charge in [0, 0.05) is 0 Å². The van der Waals surface area contributed by atoms with E-state index in [1.165, 1.54) is 25.3 Å². The maximum absolute atomic E-state index is 13.7. The van der Waals surface area contributed by atoms with Crippen LogP contribution in [0.4, 0.5) is 22.0 Å². The number of methoxy groups -OCH3 is 1. The first-order valence-corrected chi connectivity index (χ1v) is 6.60. The van der Waals surface area contributed by atoms with Crippen molar-refractivity contribution < 1.29 is 31.4 Å². The average Bonchev–Trinajstić information content (AvgIpc) is 2.61. The summed E-state index contributed by atoms with van der Waals surface area (Å²) in [4.78, 5) is 17.2.